The van der Waals surface area contributed by atoms with Gasteiger partial charge in [-0.3, -0.25) is 14.6 Å². The average molecular weight is 324 g/mol. The first-order valence-electron chi connectivity index (χ1n) is 8.34. The molecule has 4 heterocycles. The Morgan fingerprint density at radius 2 is 2.17 bits per heavy atom. The molecule has 1 atom stereocenters. The fourth-order valence-electron chi connectivity index (χ4n) is 3.19. The fourth-order valence-corrected chi connectivity index (χ4v) is 3.19. The molecule has 24 heavy (non-hydrogen) atoms. The Bertz CT molecular complexity index is 755. The van der Waals surface area contributed by atoms with Gasteiger partial charge >= 0.3 is 0 Å². The van der Waals surface area contributed by atoms with Gasteiger partial charge in [-0.2, -0.15) is 10.1 Å². The van der Waals surface area contributed by atoms with Crippen molar-refractivity contribution >= 4 is 0 Å². The molecule has 0 amide bonds. The van der Waals surface area contributed by atoms with Crippen LogP contribution in [-0.2, 0) is 13.1 Å². The van der Waals surface area contributed by atoms with Gasteiger partial charge in [-0.05, 0) is 37.6 Å². The van der Waals surface area contributed by atoms with E-state index in [0.29, 0.717) is 24.3 Å². The van der Waals surface area contributed by atoms with Crippen molar-refractivity contribution in [1.29, 1.82) is 0 Å². The molecule has 3 aromatic heterocycles. The zero-order chi connectivity index (χ0) is 16.2. The van der Waals surface area contributed by atoms with Crippen LogP contribution in [0.15, 0.2) is 47.4 Å². The van der Waals surface area contributed by atoms with Crippen molar-refractivity contribution in [3.05, 3.63) is 48.7 Å². The molecule has 7 nitrogen and oxygen atoms in total. The molecule has 4 rings (SSSR count). The molecule has 1 fully saturated rings. The van der Waals surface area contributed by atoms with Gasteiger partial charge in [0, 0.05) is 24.6 Å². The molecule has 0 radical (unpaired) electrons. The third-order valence-electron chi connectivity index (χ3n) is 4.41. The lowest BCUT2D eigenvalue weighted by Crippen LogP contribution is -2.41. The van der Waals surface area contributed by atoms with Crippen LogP contribution >= 0.6 is 0 Å². The van der Waals surface area contributed by atoms with Crippen molar-refractivity contribution in [3.63, 3.8) is 0 Å². The summed E-state index contributed by atoms with van der Waals surface area (Å²) in [5.41, 5.74) is 0.735. The first-order valence-corrected chi connectivity index (χ1v) is 8.34. The summed E-state index contributed by atoms with van der Waals surface area (Å²) in [5.74, 6) is 1.19. The second kappa shape index (κ2) is 6.92. The number of likely N-dealkylation sites (tertiary alicyclic amines) is 1. The zero-order valence-corrected chi connectivity index (χ0v) is 13.5. The van der Waals surface area contributed by atoms with Crippen LogP contribution < -0.4 is 0 Å². The van der Waals surface area contributed by atoms with Crippen molar-refractivity contribution in [1.82, 2.24) is 29.8 Å². The van der Waals surface area contributed by atoms with E-state index < -0.39 is 0 Å². The van der Waals surface area contributed by atoms with Crippen molar-refractivity contribution in [2.45, 2.75) is 38.4 Å². The zero-order valence-electron chi connectivity index (χ0n) is 13.5. The van der Waals surface area contributed by atoms with Crippen LogP contribution in [0.4, 0.5) is 0 Å². The molecule has 124 valence electrons. The minimum atomic E-state index is 0.448. The third kappa shape index (κ3) is 3.35. The number of hydrogen-bond donors (Lipinski definition) is 0. The van der Waals surface area contributed by atoms with E-state index in [1.165, 1.54) is 19.3 Å². The highest BCUT2D eigenvalue weighted by Crippen LogP contribution is 2.21. The highest BCUT2D eigenvalue weighted by Gasteiger charge is 2.25. The lowest BCUT2D eigenvalue weighted by atomic mass is 10.0. The second-order valence-corrected chi connectivity index (χ2v) is 6.07. The van der Waals surface area contributed by atoms with Gasteiger partial charge in [0.15, 0.2) is 0 Å². The quantitative estimate of drug-likeness (QED) is 0.717. The van der Waals surface area contributed by atoms with Gasteiger partial charge in [0.2, 0.25) is 11.7 Å². The Kier molecular flexibility index (Phi) is 4.33. The summed E-state index contributed by atoms with van der Waals surface area (Å²) in [5, 5.41) is 8.39. The van der Waals surface area contributed by atoms with Gasteiger partial charge in [0.25, 0.3) is 0 Å². The fraction of sp³-hybridized carbons (Fsp3) is 0.412. The van der Waals surface area contributed by atoms with Crippen LogP contribution in [0, 0.1) is 0 Å². The maximum Gasteiger partial charge on any atom is 0.241 e. The van der Waals surface area contributed by atoms with E-state index in [2.05, 4.69) is 25.1 Å². The van der Waals surface area contributed by atoms with E-state index in [4.69, 9.17) is 4.52 Å². The number of rotatable bonds is 5. The Hall–Kier alpha value is -2.54. The minimum Gasteiger partial charge on any atom is -0.337 e. The summed E-state index contributed by atoms with van der Waals surface area (Å²) in [7, 11) is 0. The summed E-state index contributed by atoms with van der Waals surface area (Å²) < 4.78 is 7.44. The van der Waals surface area contributed by atoms with Crippen LogP contribution in [0.25, 0.3) is 11.5 Å². The summed E-state index contributed by atoms with van der Waals surface area (Å²) in [6, 6.07) is 8.09. The van der Waals surface area contributed by atoms with Crippen LogP contribution in [0.3, 0.4) is 0 Å². The molecule has 1 saturated heterocycles. The number of nitrogens with zero attached hydrogens (tertiary/aromatic N) is 6. The van der Waals surface area contributed by atoms with Gasteiger partial charge < -0.3 is 4.52 Å². The van der Waals surface area contributed by atoms with Crippen LogP contribution in [0.2, 0.25) is 0 Å². The Morgan fingerprint density at radius 3 is 3.00 bits per heavy atom. The molecule has 1 aliphatic heterocycles. The molecule has 7 heteroatoms. The lowest BCUT2D eigenvalue weighted by molar-refractivity contribution is 0.108. The number of pyridine rings is 1. The van der Waals surface area contributed by atoms with Crippen LogP contribution in [-0.4, -0.2) is 42.4 Å². The minimum absolute atomic E-state index is 0.448. The Labute approximate surface area is 140 Å². The molecule has 0 N–H and O–H groups in total. The van der Waals surface area contributed by atoms with Gasteiger partial charge in [0.05, 0.1) is 13.1 Å². The average Bonchev–Trinajstić information content (AvgIpc) is 3.29. The van der Waals surface area contributed by atoms with Gasteiger partial charge in [0.1, 0.15) is 5.69 Å². The smallest absolute Gasteiger partial charge is 0.241 e. The van der Waals surface area contributed by atoms with Crippen LogP contribution in [0.1, 0.15) is 25.2 Å². The molecular formula is C17H20N6O. The molecule has 0 saturated carbocycles. The van der Waals surface area contributed by atoms with E-state index in [9.17, 15) is 0 Å². The normalized spacial score (nSPS) is 18.8. The molecule has 0 aliphatic carbocycles. The predicted molar refractivity (Wildman–Crippen MR) is 87.8 cm³/mol. The van der Waals surface area contributed by atoms with Crippen LogP contribution in [0.5, 0.6) is 0 Å². The van der Waals surface area contributed by atoms with Crippen molar-refractivity contribution in [3.8, 4) is 11.5 Å². The third-order valence-corrected chi connectivity index (χ3v) is 4.41. The largest absolute Gasteiger partial charge is 0.337 e. The molecular weight excluding hydrogens is 304 g/mol. The molecule has 0 bridgehead atoms. The Balaban J connectivity index is 1.46. The topological polar surface area (TPSA) is 72.9 Å². The number of aromatic nitrogens is 5. The summed E-state index contributed by atoms with van der Waals surface area (Å²) >= 11 is 0. The number of hydrogen-bond acceptors (Lipinski definition) is 6. The first kappa shape index (κ1) is 15.0. The van der Waals surface area contributed by atoms with Crippen molar-refractivity contribution in [2.24, 2.45) is 0 Å². The molecule has 0 spiro atoms. The maximum atomic E-state index is 5.44. The summed E-state index contributed by atoms with van der Waals surface area (Å²) in [6.07, 6.45) is 9.20. The summed E-state index contributed by atoms with van der Waals surface area (Å²) in [4.78, 5) is 11.2. The van der Waals surface area contributed by atoms with E-state index >= 15 is 0 Å². The molecule has 3 aromatic rings. The highest BCUT2D eigenvalue weighted by molar-refractivity contribution is 5.46. The van der Waals surface area contributed by atoms with E-state index in [-0.39, 0.29) is 0 Å². The van der Waals surface area contributed by atoms with Crippen molar-refractivity contribution < 1.29 is 4.52 Å². The SMILES string of the molecule is c1ccc(-c2noc(CN3CCCC[C@H]3Cn3cccn3)n2)nc1. The van der Waals surface area contributed by atoms with E-state index in [1.54, 1.807) is 6.20 Å². The first-order chi connectivity index (χ1) is 11.9. The van der Waals surface area contributed by atoms with Gasteiger partial charge in [-0.15, -0.1) is 0 Å². The van der Waals surface area contributed by atoms with E-state index in [0.717, 1.165) is 18.8 Å². The number of piperidine rings is 1. The molecule has 0 unspecified atom stereocenters. The second-order valence-electron chi connectivity index (χ2n) is 6.07. The predicted octanol–water partition coefficient (Wildman–Crippen LogP) is 2.38. The molecule has 0 aromatic carbocycles. The monoisotopic (exact) mass is 324 g/mol. The van der Waals surface area contributed by atoms with Gasteiger partial charge in [-0.1, -0.05) is 17.6 Å². The van der Waals surface area contributed by atoms with Gasteiger partial charge in [-0.25, -0.2) is 0 Å². The summed E-state index contributed by atoms with van der Waals surface area (Å²) in [6.45, 7) is 2.62. The Morgan fingerprint density at radius 1 is 1.17 bits per heavy atom. The van der Waals surface area contributed by atoms with Crippen molar-refractivity contribution in [2.75, 3.05) is 6.54 Å². The maximum absolute atomic E-state index is 5.44. The lowest BCUT2D eigenvalue weighted by Gasteiger charge is -2.34. The standard InChI is InChI=1S/C17H20N6O/c1-3-8-18-15(7-1)17-20-16(24-21-17)13-22-10-4-2-6-14(22)12-23-11-5-9-19-23/h1,3,5,7-9,11,14H,2,4,6,10,12-13H2/t14-/m0/s1. The molecule has 1 aliphatic rings. The highest BCUT2D eigenvalue weighted by atomic mass is 16.5. The van der Waals surface area contributed by atoms with E-state index in [1.807, 2.05) is 41.3 Å².